The van der Waals surface area contributed by atoms with Gasteiger partial charge in [0.2, 0.25) is 11.9 Å². The Bertz CT molecular complexity index is 776. The summed E-state index contributed by atoms with van der Waals surface area (Å²) >= 11 is 0. The van der Waals surface area contributed by atoms with Crippen molar-refractivity contribution in [1.82, 2.24) is 15.0 Å². The van der Waals surface area contributed by atoms with Gasteiger partial charge in [0.15, 0.2) is 0 Å². The van der Waals surface area contributed by atoms with Gasteiger partial charge in [-0.15, -0.1) is 0 Å². The highest BCUT2D eigenvalue weighted by atomic mass is 15.2. The summed E-state index contributed by atoms with van der Waals surface area (Å²) in [6, 6.07) is 10.7. The van der Waals surface area contributed by atoms with E-state index in [0.29, 0.717) is 17.9 Å². The molecule has 0 spiro atoms. The molecule has 1 aromatic heterocycles. The van der Waals surface area contributed by atoms with Crippen molar-refractivity contribution >= 4 is 17.6 Å². The molecule has 2 aromatic rings. The zero-order valence-electron chi connectivity index (χ0n) is 19.7. The molecular weight excluding hydrogens is 394 g/mol. The van der Waals surface area contributed by atoms with Gasteiger partial charge in [-0.2, -0.15) is 15.0 Å². The van der Waals surface area contributed by atoms with Crippen LogP contribution in [0.5, 0.6) is 0 Å². The number of para-hydroxylation sites is 1. The highest BCUT2D eigenvalue weighted by Crippen LogP contribution is 2.30. The predicted octanol–water partition coefficient (Wildman–Crippen LogP) is 7.75. The van der Waals surface area contributed by atoms with Crippen LogP contribution in [0.2, 0.25) is 0 Å². The van der Waals surface area contributed by atoms with Crippen LogP contribution in [-0.2, 0) is 0 Å². The van der Waals surface area contributed by atoms with Gasteiger partial charge in [0.05, 0.1) is 0 Å². The highest BCUT2D eigenvalue weighted by Gasteiger charge is 2.20. The quantitative estimate of drug-likeness (QED) is 0.502. The van der Waals surface area contributed by atoms with Crippen LogP contribution in [0.4, 0.5) is 17.6 Å². The third-order valence-corrected chi connectivity index (χ3v) is 7.09. The van der Waals surface area contributed by atoms with Gasteiger partial charge in [-0.3, -0.25) is 0 Å². The molecule has 1 aromatic carbocycles. The van der Waals surface area contributed by atoms with E-state index in [1.807, 2.05) is 18.2 Å². The normalized spacial score (nSPS) is 20.1. The van der Waals surface area contributed by atoms with Crippen LogP contribution in [0.1, 0.15) is 114 Å². The van der Waals surface area contributed by atoms with Crippen LogP contribution >= 0.6 is 0 Å². The Morgan fingerprint density at radius 3 is 1.72 bits per heavy atom. The summed E-state index contributed by atoms with van der Waals surface area (Å²) in [6.07, 6.45) is 20.9. The summed E-state index contributed by atoms with van der Waals surface area (Å²) in [5.41, 5.74) is 1.02. The van der Waals surface area contributed by atoms with Gasteiger partial charge in [-0.1, -0.05) is 95.2 Å². The standard InChI is InChI=1S/C27H41N5/c1-2-7-12-18-23(19-13-8-3-1)28-26-30-25(22-16-10-5-4-6-11-17-22)31-27(32-26)29-24-20-14-9-15-21-24/h9,14-15,20-23H,1-8,10-13,16-19H2,(H2,28,29,30,31,32). The van der Waals surface area contributed by atoms with Crippen LogP contribution in [0.15, 0.2) is 30.3 Å². The van der Waals surface area contributed by atoms with Gasteiger partial charge in [0.25, 0.3) is 0 Å². The molecule has 2 N–H and O–H groups in total. The molecule has 2 saturated carbocycles. The van der Waals surface area contributed by atoms with E-state index in [1.165, 1.54) is 103 Å². The summed E-state index contributed by atoms with van der Waals surface area (Å²) in [6.45, 7) is 0. The molecular formula is C27H41N5. The molecule has 0 unspecified atom stereocenters. The Morgan fingerprint density at radius 1 is 0.562 bits per heavy atom. The molecule has 2 fully saturated rings. The van der Waals surface area contributed by atoms with Gasteiger partial charge in [-0.25, -0.2) is 0 Å². The zero-order valence-corrected chi connectivity index (χ0v) is 19.7. The third kappa shape index (κ3) is 7.46. The second-order valence-corrected chi connectivity index (χ2v) is 9.77. The molecule has 5 nitrogen and oxygen atoms in total. The summed E-state index contributed by atoms with van der Waals surface area (Å²) in [7, 11) is 0. The van der Waals surface area contributed by atoms with Crippen molar-refractivity contribution in [2.75, 3.05) is 10.6 Å². The SMILES string of the molecule is c1ccc(Nc2nc(NC3CCCCCCCCC3)nc(C3CCCCCCC3)n2)cc1. The van der Waals surface area contributed by atoms with E-state index < -0.39 is 0 Å². The molecule has 0 amide bonds. The smallest absolute Gasteiger partial charge is 0.232 e. The third-order valence-electron chi connectivity index (χ3n) is 7.09. The minimum atomic E-state index is 0.444. The van der Waals surface area contributed by atoms with Crippen molar-refractivity contribution in [3.05, 3.63) is 36.2 Å². The molecule has 5 heteroatoms. The van der Waals surface area contributed by atoms with E-state index >= 15 is 0 Å². The fourth-order valence-corrected chi connectivity index (χ4v) is 5.20. The number of aromatic nitrogens is 3. The number of hydrogen-bond donors (Lipinski definition) is 2. The lowest BCUT2D eigenvalue weighted by atomic mass is 9.90. The maximum Gasteiger partial charge on any atom is 0.232 e. The molecule has 0 aliphatic heterocycles. The topological polar surface area (TPSA) is 62.7 Å². The number of hydrogen-bond acceptors (Lipinski definition) is 5. The summed E-state index contributed by atoms with van der Waals surface area (Å²) in [5, 5.41) is 7.16. The van der Waals surface area contributed by atoms with Crippen molar-refractivity contribution in [2.24, 2.45) is 0 Å². The van der Waals surface area contributed by atoms with E-state index in [-0.39, 0.29) is 0 Å². The van der Waals surface area contributed by atoms with E-state index in [0.717, 1.165) is 17.5 Å². The molecule has 0 atom stereocenters. The van der Waals surface area contributed by atoms with Gasteiger partial charge in [-0.05, 0) is 37.8 Å². The predicted molar refractivity (Wildman–Crippen MR) is 134 cm³/mol. The first-order valence-electron chi connectivity index (χ1n) is 13.2. The number of benzene rings is 1. The molecule has 174 valence electrons. The molecule has 1 heterocycles. The molecule has 0 bridgehead atoms. The first kappa shape index (κ1) is 23.0. The number of anilines is 3. The maximum atomic E-state index is 4.99. The molecule has 0 saturated heterocycles. The van der Waals surface area contributed by atoms with Crippen molar-refractivity contribution in [3.8, 4) is 0 Å². The number of rotatable bonds is 5. The molecule has 4 rings (SSSR count). The van der Waals surface area contributed by atoms with Crippen molar-refractivity contribution in [2.45, 2.75) is 115 Å². The van der Waals surface area contributed by atoms with Crippen LogP contribution in [0, 0.1) is 0 Å². The molecule has 32 heavy (non-hydrogen) atoms. The Kier molecular flexibility index (Phi) is 9.17. The lowest BCUT2D eigenvalue weighted by Crippen LogP contribution is -2.23. The average molecular weight is 436 g/mol. The highest BCUT2D eigenvalue weighted by molar-refractivity contribution is 5.53. The summed E-state index contributed by atoms with van der Waals surface area (Å²) in [5.74, 6) is 2.85. The van der Waals surface area contributed by atoms with Crippen LogP contribution in [0.3, 0.4) is 0 Å². The number of nitrogens with one attached hydrogen (secondary N) is 2. The van der Waals surface area contributed by atoms with Crippen molar-refractivity contribution < 1.29 is 0 Å². The van der Waals surface area contributed by atoms with Gasteiger partial charge >= 0.3 is 0 Å². The minimum Gasteiger partial charge on any atom is -0.351 e. The van der Waals surface area contributed by atoms with E-state index in [9.17, 15) is 0 Å². The summed E-state index contributed by atoms with van der Waals surface area (Å²) in [4.78, 5) is 14.7. The first-order valence-corrected chi connectivity index (χ1v) is 13.2. The van der Waals surface area contributed by atoms with E-state index in [4.69, 9.17) is 15.0 Å². The fourth-order valence-electron chi connectivity index (χ4n) is 5.20. The van der Waals surface area contributed by atoms with Gasteiger partial charge in [0, 0.05) is 17.6 Å². The largest absolute Gasteiger partial charge is 0.351 e. The first-order chi connectivity index (χ1) is 15.9. The second kappa shape index (κ2) is 12.8. The molecule has 0 radical (unpaired) electrons. The Hall–Kier alpha value is -2.17. The van der Waals surface area contributed by atoms with Gasteiger partial charge in [0.1, 0.15) is 5.82 Å². The van der Waals surface area contributed by atoms with E-state index in [2.05, 4.69) is 22.8 Å². The minimum absolute atomic E-state index is 0.444. The van der Waals surface area contributed by atoms with E-state index in [1.54, 1.807) is 0 Å². The van der Waals surface area contributed by atoms with Crippen LogP contribution < -0.4 is 10.6 Å². The number of nitrogens with zero attached hydrogens (tertiary/aromatic N) is 3. The monoisotopic (exact) mass is 435 g/mol. The average Bonchev–Trinajstić information content (AvgIpc) is 2.78. The maximum absolute atomic E-state index is 4.99. The lowest BCUT2D eigenvalue weighted by Gasteiger charge is -2.22. The zero-order chi connectivity index (χ0) is 21.8. The van der Waals surface area contributed by atoms with Crippen LogP contribution in [-0.4, -0.2) is 21.0 Å². The lowest BCUT2D eigenvalue weighted by molar-refractivity contribution is 0.441. The van der Waals surface area contributed by atoms with Crippen molar-refractivity contribution in [3.63, 3.8) is 0 Å². The van der Waals surface area contributed by atoms with Crippen LogP contribution in [0.25, 0.3) is 0 Å². The Balaban J connectivity index is 1.53. The molecule has 2 aliphatic rings. The fraction of sp³-hybridized carbons (Fsp3) is 0.667. The van der Waals surface area contributed by atoms with Crippen molar-refractivity contribution in [1.29, 1.82) is 0 Å². The Labute approximate surface area is 194 Å². The Morgan fingerprint density at radius 2 is 1.09 bits per heavy atom. The second-order valence-electron chi connectivity index (χ2n) is 9.77. The molecule has 2 aliphatic carbocycles. The summed E-state index contributed by atoms with van der Waals surface area (Å²) < 4.78 is 0. The van der Waals surface area contributed by atoms with Gasteiger partial charge < -0.3 is 10.6 Å².